The third-order valence-corrected chi connectivity index (χ3v) is 3.80. The second-order valence-corrected chi connectivity index (χ2v) is 5.33. The number of carbonyl (C=O) groups excluding carboxylic acids is 2. The monoisotopic (exact) mass is 318 g/mol. The van der Waals surface area contributed by atoms with E-state index in [0.29, 0.717) is 13.0 Å². The molecule has 1 fully saturated rings. The normalized spacial score (nSPS) is 15.6. The number of nitrogens with zero attached hydrogens (tertiary/aromatic N) is 3. The molecule has 0 unspecified atom stereocenters. The molecule has 0 spiro atoms. The number of piperidine rings is 1. The lowest BCUT2D eigenvalue weighted by molar-refractivity contribution is -0.134. The van der Waals surface area contributed by atoms with Crippen molar-refractivity contribution in [2.45, 2.75) is 19.3 Å². The fraction of sp³-hybridized carbons (Fsp3) is 0.500. The molecule has 7 nitrogen and oxygen atoms in total. The van der Waals surface area contributed by atoms with Crippen LogP contribution in [0.5, 0.6) is 0 Å². The minimum absolute atomic E-state index is 0.0347. The Balaban J connectivity index is 1.68. The van der Waals surface area contributed by atoms with Crippen LogP contribution in [0.1, 0.15) is 19.3 Å². The second-order valence-electron chi connectivity index (χ2n) is 5.33. The highest BCUT2D eigenvalue weighted by Gasteiger charge is 2.25. The number of amides is 1. The topological polar surface area (TPSA) is 84.4 Å². The molecule has 0 aromatic carbocycles. The van der Waals surface area contributed by atoms with Gasteiger partial charge >= 0.3 is 5.97 Å². The van der Waals surface area contributed by atoms with E-state index in [2.05, 4.69) is 24.9 Å². The largest absolute Gasteiger partial charge is 0.466 e. The van der Waals surface area contributed by atoms with Crippen LogP contribution in [0, 0.1) is 5.92 Å². The molecule has 23 heavy (non-hydrogen) atoms. The quantitative estimate of drug-likeness (QED) is 0.477. The molecular formula is C16H22N4O3. The Labute approximate surface area is 135 Å². The van der Waals surface area contributed by atoms with E-state index < -0.39 is 0 Å². The first-order valence-electron chi connectivity index (χ1n) is 7.74. The average molecular weight is 318 g/mol. The molecule has 1 amide bonds. The van der Waals surface area contributed by atoms with Gasteiger partial charge in [0.05, 0.1) is 13.3 Å². The van der Waals surface area contributed by atoms with Crippen LogP contribution in [0.15, 0.2) is 30.7 Å². The van der Waals surface area contributed by atoms with Crippen molar-refractivity contribution in [3.05, 3.63) is 30.7 Å². The number of anilines is 1. The number of aromatic nitrogens is 2. The van der Waals surface area contributed by atoms with E-state index in [1.165, 1.54) is 13.2 Å². The van der Waals surface area contributed by atoms with Crippen LogP contribution in [0.4, 0.5) is 5.82 Å². The van der Waals surface area contributed by atoms with Gasteiger partial charge in [-0.2, -0.15) is 0 Å². The maximum atomic E-state index is 12.1. The highest BCUT2D eigenvalue weighted by Crippen LogP contribution is 2.21. The molecular weight excluding hydrogens is 296 g/mol. The molecule has 1 aliphatic heterocycles. The number of methoxy groups -OCH3 is 1. The zero-order valence-corrected chi connectivity index (χ0v) is 13.3. The molecule has 2 heterocycles. The van der Waals surface area contributed by atoms with Crippen LogP contribution in [0.2, 0.25) is 0 Å². The summed E-state index contributed by atoms with van der Waals surface area (Å²) in [5.74, 6) is 0.592. The van der Waals surface area contributed by atoms with E-state index in [-0.39, 0.29) is 17.8 Å². The van der Waals surface area contributed by atoms with Crippen LogP contribution in [-0.4, -0.2) is 48.6 Å². The molecule has 0 atom stereocenters. The van der Waals surface area contributed by atoms with Gasteiger partial charge in [-0.3, -0.25) is 9.78 Å². The van der Waals surface area contributed by atoms with Gasteiger partial charge in [0, 0.05) is 44.0 Å². The number of hydrogen-bond donors (Lipinski definition) is 1. The third-order valence-electron chi connectivity index (χ3n) is 3.80. The summed E-state index contributed by atoms with van der Waals surface area (Å²) in [6, 6.07) is 0. The van der Waals surface area contributed by atoms with Gasteiger partial charge in [-0.25, -0.2) is 9.78 Å². The molecule has 0 bridgehead atoms. The number of carbonyl (C=O) groups is 2. The Morgan fingerprint density at radius 3 is 2.83 bits per heavy atom. The molecule has 7 heteroatoms. The van der Waals surface area contributed by atoms with Gasteiger partial charge in [0.15, 0.2) is 0 Å². The molecule has 2 rings (SSSR count). The van der Waals surface area contributed by atoms with Crippen molar-refractivity contribution in [1.29, 1.82) is 0 Å². The van der Waals surface area contributed by atoms with E-state index in [1.54, 1.807) is 24.7 Å². The lowest BCUT2D eigenvalue weighted by atomic mass is 9.96. The first-order valence-corrected chi connectivity index (χ1v) is 7.74. The molecule has 1 aromatic heterocycles. The van der Waals surface area contributed by atoms with Crippen molar-refractivity contribution in [2.24, 2.45) is 5.92 Å². The Morgan fingerprint density at radius 1 is 1.39 bits per heavy atom. The van der Waals surface area contributed by atoms with Crippen LogP contribution >= 0.6 is 0 Å². The van der Waals surface area contributed by atoms with Crippen LogP contribution in [-0.2, 0) is 14.3 Å². The Morgan fingerprint density at radius 2 is 2.17 bits per heavy atom. The summed E-state index contributed by atoms with van der Waals surface area (Å²) >= 11 is 0. The minimum atomic E-state index is -0.382. The predicted molar refractivity (Wildman–Crippen MR) is 85.8 cm³/mol. The standard InChI is InChI=1S/C16H22N4O3/c1-23-15(21)4-2-3-7-19-16(22)13-5-10-20(11-6-13)14-12-17-8-9-18-14/h2,4,8-9,12-13H,3,5-7,10-11H2,1H3,(H,19,22)/b4-2+. The van der Waals surface area contributed by atoms with Gasteiger partial charge in [0.25, 0.3) is 0 Å². The van der Waals surface area contributed by atoms with Crippen molar-refractivity contribution < 1.29 is 14.3 Å². The maximum absolute atomic E-state index is 12.1. The minimum Gasteiger partial charge on any atom is -0.466 e. The van der Waals surface area contributed by atoms with Gasteiger partial charge in [0.2, 0.25) is 5.91 Å². The smallest absolute Gasteiger partial charge is 0.330 e. The number of nitrogens with one attached hydrogen (secondary N) is 1. The number of ether oxygens (including phenoxy) is 1. The van der Waals surface area contributed by atoms with Crippen molar-refractivity contribution in [3.63, 3.8) is 0 Å². The lowest BCUT2D eigenvalue weighted by Crippen LogP contribution is -2.41. The van der Waals surface area contributed by atoms with Crippen molar-refractivity contribution >= 4 is 17.7 Å². The Bertz CT molecular complexity index is 540. The lowest BCUT2D eigenvalue weighted by Gasteiger charge is -2.31. The summed E-state index contributed by atoms with van der Waals surface area (Å²) in [6.07, 6.45) is 10.4. The number of hydrogen-bond acceptors (Lipinski definition) is 6. The molecule has 0 aliphatic carbocycles. The van der Waals surface area contributed by atoms with Crippen LogP contribution < -0.4 is 10.2 Å². The zero-order chi connectivity index (χ0) is 16.5. The molecule has 1 N–H and O–H groups in total. The fourth-order valence-corrected chi connectivity index (χ4v) is 2.50. The molecule has 124 valence electrons. The van der Waals surface area contributed by atoms with Crippen molar-refractivity contribution in [1.82, 2.24) is 15.3 Å². The summed E-state index contributed by atoms with van der Waals surface area (Å²) in [5, 5.41) is 2.91. The average Bonchev–Trinajstić information content (AvgIpc) is 2.62. The summed E-state index contributed by atoms with van der Waals surface area (Å²) in [5.41, 5.74) is 0. The summed E-state index contributed by atoms with van der Waals surface area (Å²) in [6.45, 7) is 2.13. The highest BCUT2D eigenvalue weighted by molar-refractivity contribution is 5.81. The van der Waals surface area contributed by atoms with E-state index >= 15 is 0 Å². The SMILES string of the molecule is COC(=O)/C=C/CCNC(=O)C1CCN(c2cnccn2)CC1. The molecule has 1 aromatic rings. The van der Waals surface area contributed by atoms with Gasteiger partial charge in [-0.15, -0.1) is 0 Å². The zero-order valence-electron chi connectivity index (χ0n) is 13.3. The summed E-state index contributed by atoms with van der Waals surface area (Å²) < 4.78 is 4.49. The van der Waals surface area contributed by atoms with Gasteiger partial charge < -0.3 is 15.0 Å². The third kappa shape index (κ3) is 5.36. The maximum Gasteiger partial charge on any atom is 0.330 e. The molecule has 0 saturated carbocycles. The van der Waals surface area contributed by atoms with Crippen LogP contribution in [0.3, 0.4) is 0 Å². The van der Waals surface area contributed by atoms with E-state index in [4.69, 9.17) is 0 Å². The van der Waals surface area contributed by atoms with Crippen LogP contribution in [0.25, 0.3) is 0 Å². The highest BCUT2D eigenvalue weighted by atomic mass is 16.5. The van der Waals surface area contributed by atoms with E-state index in [0.717, 1.165) is 31.7 Å². The summed E-state index contributed by atoms with van der Waals surface area (Å²) in [4.78, 5) is 33.5. The van der Waals surface area contributed by atoms with Crippen molar-refractivity contribution in [3.8, 4) is 0 Å². The number of rotatable bonds is 6. The number of esters is 1. The second kappa shape index (κ2) is 8.87. The van der Waals surface area contributed by atoms with E-state index in [9.17, 15) is 9.59 Å². The predicted octanol–water partition coefficient (Wildman–Crippen LogP) is 0.928. The molecule has 1 saturated heterocycles. The fourth-order valence-electron chi connectivity index (χ4n) is 2.50. The first kappa shape index (κ1) is 16.9. The van der Waals surface area contributed by atoms with Gasteiger partial charge in [-0.05, 0) is 19.3 Å². The Kier molecular flexibility index (Phi) is 6.53. The first-order chi connectivity index (χ1) is 11.2. The Hall–Kier alpha value is -2.44. The molecule has 1 aliphatic rings. The van der Waals surface area contributed by atoms with Crippen molar-refractivity contribution in [2.75, 3.05) is 31.6 Å². The summed E-state index contributed by atoms with van der Waals surface area (Å²) in [7, 11) is 1.34. The van der Waals surface area contributed by atoms with Gasteiger partial charge in [-0.1, -0.05) is 6.08 Å². The molecule has 0 radical (unpaired) electrons. The van der Waals surface area contributed by atoms with Gasteiger partial charge in [0.1, 0.15) is 5.82 Å². The van der Waals surface area contributed by atoms with E-state index in [1.807, 2.05) is 0 Å².